The maximum atomic E-state index is 4.37. The van der Waals surface area contributed by atoms with E-state index in [4.69, 9.17) is 0 Å². The molecule has 0 N–H and O–H groups in total. The molecule has 0 aliphatic rings. The number of aryl methyl sites for hydroxylation is 2. The van der Waals surface area contributed by atoms with Gasteiger partial charge in [-0.2, -0.15) is 0 Å². The molecule has 0 bridgehead atoms. The number of hydrogen-bond acceptors (Lipinski definition) is 1. The van der Waals surface area contributed by atoms with E-state index in [1.54, 1.807) is 0 Å². The first-order valence-corrected chi connectivity index (χ1v) is 9.65. The molecule has 0 aromatic heterocycles. The second-order valence-corrected chi connectivity index (χ2v) is 7.79. The fourth-order valence-corrected chi connectivity index (χ4v) is 2.78. The fraction of sp³-hybridized carbons (Fsp3) is 0.417. The van der Waals surface area contributed by atoms with Gasteiger partial charge in [-0.05, 0) is 79.5 Å². The van der Waals surface area contributed by atoms with Gasteiger partial charge < -0.3 is 0 Å². The molecule has 0 amide bonds. The molecule has 25 heavy (non-hydrogen) atoms. The fourth-order valence-electron chi connectivity index (χ4n) is 2.70. The van der Waals surface area contributed by atoms with Crippen molar-refractivity contribution in [3.8, 4) is 0 Å². The summed E-state index contributed by atoms with van der Waals surface area (Å²) in [5, 5.41) is 0. The summed E-state index contributed by atoms with van der Waals surface area (Å²) in [5.41, 5.74) is 6.66. The first kappa shape index (κ1) is 21.6. The second-order valence-electron chi connectivity index (χ2n) is 7.27. The molecule has 0 nitrogen and oxygen atoms in total. The molecule has 1 aromatic carbocycles. The third kappa shape index (κ3) is 7.52. The van der Waals surface area contributed by atoms with Gasteiger partial charge in [0.2, 0.25) is 0 Å². The molecular formula is C24H34S. The molecule has 1 aromatic rings. The second kappa shape index (κ2) is 10.5. The summed E-state index contributed by atoms with van der Waals surface area (Å²) in [7, 11) is 0. The van der Waals surface area contributed by atoms with Crippen molar-refractivity contribution in [3.05, 3.63) is 82.3 Å². The average molecular weight is 355 g/mol. The third-order valence-corrected chi connectivity index (χ3v) is 5.44. The van der Waals surface area contributed by atoms with Crippen LogP contribution >= 0.6 is 12.6 Å². The molecule has 0 heterocycles. The van der Waals surface area contributed by atoms with E-state index in [-0.39, 0.29) is 0 Å². The number of benzene rings is 1. The Balaban J connectivity index is 2.64. The number of hydrogen-bond donors (Lipinski definition) is 1. The van der Waals surface area contributed by atoms with Crippen LogP contribution in [0, 0.1) is 18.8 Å². The van der Waals surface area contributed by atoms with Crippen LogP contribution in [-0.2, 0) is 12.8 Å². The Labute approximate surface area is 160 Å². The first-order valence-electron chi connectivity index (χ1n) is 9.20. The Morgan fingerprint density at radius 2 is 1.84 bits per heavy atom. The Kier molecular flexibility index (Phi) is 9.06. The lowest BCUT2D eigenvalue weighted by atomic mass is 9.90. The summed E-state index contributed by atoms with van der Waals surface area (Å²) in [5.74, 6) is 1.01. The predicted octanol–water partition coefficient (Wildman–Crippen LogP) is 7.26. The topological polar surface area (TPSA) is 0 Å². The van der Waals surface area contributed by atoms with Crippen molar-refractivity contribution in [2.75, 3.05) is 0 Å². The van der Waals surface area contributed by atoms with Crippen LogP contribution < -0.4 is 0 Å². The molecule has 136 valence electrons. The Hall–Kier alpha value is -1.47. The smallest absolute Gasteiger partial charge is 0.000269 e. The maximum absolute atomic E-state index is 4.37. The van der Waals surface area contributed by atoms with Gasteiger partial charge in [0.15, 0.2) is 0 Å². The van der Waals surface area contributed by atoms with Crippen molar-refractivity contribution in [2.24, 2.45) is 11.8 Å². The zero-order valence-corrected chi connectivity index (χ0v) is 17.5. The molecule has 0 spiro atoms. The SMILES string of the molecule is C=C(C)C(C)Cc1ccc(CCC(C)C(=C)/C=C\C(S)=C/C)c(C)c1. The summed E-state index contributed by atoms with van der Waals surface area (Å²) < 4.78 is 0. The zero-order chi connectivity index (χ0) is 19.0. The Morgan fingerprint density at radius 3 is 2.40 bits per heavy atom. The van der Waals surface area contributed by atoms with Crippen molar-refractivity contribution in [1.82, 2.24) is 0 Å². The van der Waals surface area contributed by atoms with Crippen LogP contribution in [0.1, 0.15) is 50.8 Å². The van der Waals surface area contributed by atoms with E-state index in [2.05, 4.69) is 77.8 Å². The van der Waals surface area contributed by atoms with Crippen molar-refractivity contribution in [2.45, 2.75) is 53.9 Å². The lowest BCUT2D eigenvalue weighted by Gasteiger charge is -2.15. The summed E-state index contributed by atoms with van der Waals surface area (Å²) >= 11 is 4.37. The quantitative estimate of drug-likeness (QED) is 0.269. The van der Waals surface area contributed by atoms with Gasteiger partial charge in [0, 0.05) is 0 Å². The van der Waals surface area contributed by atoms with Crippen molar-refractivity contribution >= 4 is 12.6 Å². The van der Waals surface area contributed by atoms with Crippen molar-refractivity contribution in [3.63, 3.8) is 0 Å². The maximum Gasteiger partial charge on any atom is -0.000269 e. The number of thiol groups is 1. The first-order chi connectivity index (χ1) is 11.7. The summed E-state index contributed by atoms with van der Waals surface area (Å²) in [6, 6.07) is 6.92. The van der Waals surface area contributed by atoms with Crippen molar-refractivity contribution in [1.29, 1.82) is 0 Å². The third-order valence-electron chi connectivity index (χ3n) is 5.03. The molecule has 0 aliphatic carbocycles. The number of rotatable bonds is 9. The van der Waals surface area contributed by atoms with E-state index < -0.39 is 0 Å². The van der Waals surface area contributed by atoms with Crippen LogP contribution in [0.5, 0.6) is 0 Å². The summed E-state index contributed by atoms with van der Waals surface area (Å²) in [4.78, 5) is 0.976. The Bertz CT molecular complexity index is 661. The molecule has 0 radical (unpaired) electrons. The van der Waals surface area contributed by atoms with Gasteiger partial charge in [-0.25, -0.2) is 0 Å². The average Bonchev–Trinajstić information content (AvgIpc) is 2.58. The van der Waals surface area contributed by atoms with E-state index in [1.807, 2.05) is 19.1 Å². The minimum absolute atomic E-state index is 0.469. The summed E-state index contributed by atoms with van der Waals surface area (Å²) in [6.07, 6.45) is 9.37. The number of allylic oxidation sites excluding steroid dienone is 5. The van der Waals surface area contributed by atoms with Crippen LogP contribution in [-0.4, -0.2) is 0 Å². The zero-order valence-electron chi connectivity index (χ0n) is 16.6. The van der Waals surface area contributed by atoms with Gasteiger partial charge in [-0.1, -0.05) is 68.5 Å². The van der Waals surface area contributed by atoms with Gasteiger partial charge in [-0.15, -0.1) is 12.6 Å². The van der Waals surface area contributed by atoms with Crippen LogP contribution in [0.2, 0.25) is 0 Å². The molecule has 0 saturated carbocycles. The lowest BCUT2D eigenvalue weighted by molar-refractivity contribution is 0.625. The minimum Gasteiger partial charge on any atom is -0.144 e. The largest absolute Gasteiger partial charge is 0.144 e. The van der Waals surface area contributed by atoms with Crippen LogP contribution in [0.4, 0.5) is 0 Å². The Morgan fingerprint density at radius 1 is 1.16 bits per heavy atom. The molecular weight excluding hydrogens is 320 g/mol. The van der Waals surface area contributed by atoms with Crippen LogP contribution in [0.3, 0.4) is 0 Å². The van der Waals surface area contributed by atoms with Gasteiger partial charge in [0.05, 0.1) is 0 Å². The van der Waals surface area contributed by atoms with E-state index in [9.17, 15) is 0 Å². The van der Waals surface area contributed by atoms with E-state index in [0.29, 0.717) is 11.8 Å². The molecule has 2 atom stereocenters. The minimum atomic E-state index is 0.469. The summed E-state index contributed by atoms with van der Waals surface area (Å²) in [6.45, 7) is 19.1. The van der Waals surface area contributed by atoms with E-state index >= 15 is 0 Å². The molecule has 0 aliphatic heterocycles. The highest BCUT2D eigenvalue weighted by atomic mass is 32.1. The molecule has 2 unspecified atom stereocenters. The normalized spacial score (nSPS) is 14.6. The van der Waals surface area contributed by atoms with Crippen LogP contribution in [0.15, 0.2) is 65.6 Å². The molecule has 1 rings (SSSR count). The molecule has 0 saturated heterocycles. The van der Waals surface area contributed by atoms with Gasteiger partial charge in [-0.3, -0.25) is 0 Å². The van der Waals surface area contributed by atoms with Crippen molar-refractivity contribution < 1.29 is 0 Å². The monoisotopic (exact) mass is 354 g/mol. The van der Waals surface area contributed by atoms with Gasteiger partial charge in [0.25, 0.3) is 0 Å². The van der Waals surface area contributed by atoms with E-state index in [0.717, 1.165) is 29.7 Å². The highest BCUT2D eigenvalue weighted by Crippen LogP contribution is 2.22. The molecule has 0 fully saturated rings. The van der Waals surface area contributed by atoms with Gasteiger partial charge >= 0.3 is 0 Å². The van der Waals surface area contributed by atoms with Crippen LogP contribution in [0.25, 0.3) is 0 Å². The predicted molar refractivity (Wildman–Crippen MR) is 117 cm³/mol. The standard InChI is InChI=1S/C24H34S/c1-8-24(25)14-10-19(5)18(4)9-12-23-13-11-22(16-21(23)7)15-20(6)17(2)3/h8,10-11,13-14,16,18,20,25H,2,5,9,12,15H2,1,3-4,6-7H3/b14-10-,24-8+. The lowest BCUT2D eigenvalue weighted by Crippen LogP contribution is -2.03. The van der Waals surface area contributed by atoms with E-state index in [1.165, 1.54) is 22.3 Å². The van der Waals surface area contributed by atoms with Gasteiger partial charge in [0.1, 0.15) is 0 Å². The highest BCUT2D eigenvalue weighted by molar-refractivity contribution is 7.84. The molecule has 1 heteroatoms. The highest BCUT2D eigenvalue weighted by Gasteiger charge is 2.09.